The van der Waals surface area contributed by atoms with Crippen molar-refractivity contribution in [3.63, 3.8) is 0 Å². The predicted octanol–water partition coefficient (Wildman–Crippen LogP) is 10.2. The lowest BCUT2D eigenvalue weighted by Crippen LogP contribution is -2.25. The largest absolute Gasteiger partial charge is 0.506 e. The molecule has 2 aromatic rings. The number of hydrogen-bond donors (Lipinski definition) is 1. The van der Waals surface area contributed by atoms with Crippen LogP contribution in [0.5, 0.6) is 11.5 Å². The molecule has 42 heavy (non-hydrogen) atoms. The van der Waals surface area contributed by atoms with Crippen LogP contribution < -0.4 is 4.74 Å². The molecule has 0 heterocycles. The van der Waals surface area contributed by atoms with Gasteiger partial charge < -0.3 is 9.84 Å². The van der Waals surface area contributed by atoms with Crippen molar-refractivity contribution in [1.82, 2.24) is 0 Å². The fourth-order valence-electron chi connectivity index (χ4n) is 7.29. The number of benzene rings is 2. The highest BCUT2D eigenvalue weighted by atomic mass is 19.4. The number of ether oxygens (including phenoxy) is 1. The van der Waals surface area contributed by atoms with E-state index in [-0.39, 0.29) is 37.4 Å². The minimum atomic E-state index is -4.92. The van der Waals surface area contributed by atoms with Crippen LogP contribution in [0.4, 0.5) is 22.0 Å². The molecule has 0 saturated heterocycles. The topological polar surface area (TPSA) is 46.5 Å². The molecular weight excluding hydrogens is 551 g/mol. The number of alkyl halides is 3. The molecule has 0 aromatic heterocycles. The molecule has 2 aliphatic carbocycles. The number of phenols is 1. The molecule has 0 bridgehead atoms. The predicted molar refractivity (Wildman–Crippen MR) is 153 cm³/mol. The summed E-state index contributed by atoms with van der Waals surface area (Å²) in [5, 5.41) is 10.2. The second-order valence-electron chi connectivity index (χ2n) is 12.2. The number of halogens is 5. The molecule has 0 aliphatic heterocycles. The quantitative estimate of drug-likeness (QED) is 0.208. The first-order chi connectivity index (χ1) is 20.0. The Kier molecular flexibility index (Phi) is 10.9. The summed E-state index contributed by atoms with van der Waals surface area (Å²) < 4.78 is 75.7. The van der Waals surface area contributed by atoms with Crippen LogP contribution in [0.15, 0.2) is 24.3 Å². The number of carbonyl (C=O) groups excluding carboxylic acids is 1. The Labute approximate surface area is 245 Å². The van der Waals surface area contributed by atoms with E-state index < -0.39 is 46.2 Å². The van der Waals surface area contributed by atoms with Crippen LogP contribution in [0, 0.1) is 29.4 Å². The molecule has 2 saturated carbocycles. The van der Waals surface area contributed by atoms with Crippen LogP contribution in [-0.2, 0) is 12.6 Å². The number of aromatic hydroxyl groups is 1. The Morgan fingerprint density at radius 3 is 2.14 bits per heavy atom. The molecule has 2 fully saturated rings. The molecule has 3 nitrogen and oxygen atoms in total. The normalized spacial score (nSPS) is 23.1. The SMILES string of the molecule is CCCC1CCC(C2CCC(c3ccc(CCCC(=O)c4ccc(OCC)c(C(F)(F)F)c4O)c(F)c3F)CC2)CC1. The summed E-state index contributed by atoms with van der Waals surface area (Å²) >= 11 is 0. The standard InChI is InChI=1S/C34H43F5O3/c1-3-6-21-9-11-22(12-10-21)23-13-15-24(16-14-23)26-18-17-25(31(35)32(26)36)7-5-8-28(40)27-19-20-29(42-4-2)30(33(27)41)34(37,38)39/h17-24,41H,3-16H2,1-2H3. The van der Waals surface area contributed by atoms with E-state index in [4.69, 9.17) is 4.74 Å². The van der Waals surface area contributed by atoms with Crippen LogP contribution in [0.1, 0.15) is 124 Å². The highest BCUT2D eigenvalue weighted by Gasteiger charge is 2.39. The summed E-state index contributed by atoms with van der Waals surface area (Å²) in [6.07, 6.45) is 6.61. The summed E-state index contributed by atoms with van der Waals surface area (Å²) in [6.45, 7) is 3.71. The Bertz CT molecular complexity index is 1210. The lowest BCUT2D eigenvalue weighted by Gasteiger charge is -2.38. The molecule has 0 atom stereocenters. The zero-order valence-electron chi connectivity index (χ0n) is 24.7. The van der Waals surface area contributed by atoms with Crippen LogP contribution >= 0.6 is 0 Å². The molecule has 2 aromatic carbocycles. The molecule has 1 N–H and O–H groups in total. The van der Waals surface area contributed by atoms with E-state index in [1.807, 2.05) is 0 Å². The van der Waals surface area contributed by atoms with Crippen LogP contribution in [0.3, 0.4) is 0 Å². The average Bonchev–Trinajstić information content (AvgIpc) is 2.95. The van der Waals surface area contributed by atoms with Crippen molar-refractivity contribution >= 4 is 5.78 Å². The van der Waals surface area contributed by atoms with E-state index in [0.717, 1.165) is 49.7 Å². The van der Waals surface area contributed by atoms with Gasteiger partial charge >= 0.3 is 6.18 Å². The molecule has 8 heteroatoms. The van der Waals surface area contributed by atoms with E-state index in [2.05, 4.69) is 6.92 Å². The highest BCUT2D eigenvalue weighted by Crippen LogP contribution is 2.46. The van der Waals surface area contributed by atoms with Gasteiger partial charge in [0.25, 0.3) is 0 Å². The fourth-order valence-corrected chi connectivity index (χ4v) is 7.29. The number of hydrogen-bond acceptors (Lipinski definition) is 3. The van der Waals surface area contributed by atoms with Gasteiger partial charge in [-0.1, -0.05) is 44.7 Å². The van der Waals surface area contributed by atoms with Crippen LogP contribution in [0.25, 0.3) is 0 Å². The maximum atomic E-state index is 15.2. The van der Waals surface area contributed by atoms with Crippen molar-refractivity contribution in [2.24, 2.45) is 17.8 Å². The second kappa shape index (κ2) is 14.2. The Hall–Kier alpha value is -2.64. The van der Waals surface area contributed by atoms with Gasteiger partial charge in [0.2, 0.25) is 0 Å². The Morgan fingerprint density at radius 1 is 0.905 bits per heavy atom. The molecular formula is C34H43F5O3. The molecule has 4 rings (SSSR count). The number of carbonyl (C=O) groups is 1. The lowest BCUT2D eigenvalue weighted by atomic mass is 9.68. The zero-order chi connectivity index (χ0) is 30.4. The monoisotopic (exact) mass is 594 g/mol. The van der Waals surface area contributed by atoms with Gasteiger partial charge in [-0.05, 0) is 105 Å². The summed E-state index contributed by atoms with van der Waals surface area (Å²) in [5.41, 5.74) is -1.32. The van der Waals surface area contributed by atoms with Crippen LogP contribution in [-0.4, -0.2) is 17.5 Å². The smallest absolute Gasteiger partial charge is 0.423 e. The Balaban J connectivity index is 1.32. The number of rotatable bonds is 11. The van der Waals surface area contributed by atoms with E-state index in [1.165, 1.54) is 45.4 Å². The van der Waals surface area contributed by atoms with Gasteiger partial charge in [0.1, 0.15) is 17.1 Å². The van der Waals surface area contributed by atoms with Crippen molar-refractivity contribution < 1.29 is 36.6 Å². The van der Waals surface area contributed by atoms with Crippen molar-refractivity contribution in [3.8, 4) is 11.5 Å². The first kappa shape index (κ1) is 32.3. The maximum absolute atomic E-state index is 15.2. The summed E-state index contributed by atoms with van der Waals surface area (Å²) in [4.78, 5) is 12.7. The van der Waals surface area contributed by atoms with Gasteiger partial charge in [0.15, 0.2) is 17.4 Å². The Morgan fingerprint density at radius 2 is 1.55 bits per heavy atom. The van der Waals surface area contributed by atoms with Gasteiger partial charge in [0, 0.05) is 6.42 Å². The minimum Gasteiger partial charge on any atom is -0.506 e. The lowest BCUT2D eigenvalue weighted by molar-refractivity contribution is -0.140. The van der Waals surface area contributed by atoms with Crippen molar-refractivity contribution in [1.29, 1.82) is 0 Å². The van der Waals surface area contributed by atoms with Crippen LogP contribution in [0.2, 0.25) is 0 Å². The number of Topliss-reactive ketones (excluding diaryl/α,β-unsaturated/α-hetero) is 1. The van der Waals surface area contributed by atoms with E-state index in [0.29, 0.717) is 11.5 Å². The third-order valence-electron chi connectivity index (χ3n) is 9.53. The highest BCUT2D eigenvalue weighted by molar-refractivity contribution is 5.99. The summed E-state index contributed by atoms with van der Waals surface area (Å²) in [7, 11) is 0. The van der Waals surface area contributed by atoms with Crippen molar-refractivity contribution in [3.05, 3.63) is 58.2 Å². The molecule has 0 spiro atoms. The van der Waals surface area contributed by atoms with Crippen molar-refractivity contribution in [2.75, 3.05) is 6.61 Å². The zero-order valence-corrected chi connectivity index (χ0v) is 24.7. The first-order valence-electron chi connectivity index (χ1n) is 15.6. The first-order valence-corrected chi connectivity index (χ1v) is 15.6. The van der Waals surface area contributed by atoms with Gasteiger partial charge in [-0.3, -0.25) is 4.79 Å². The van der Waals surface area contributed by atoms with Gasteiger partial charge in [-0.2, -0.15) is 13.2 Å². The minimum absolute atomic E-state index is 0.00623. The van der Waals surface area contributed by atoms with E-state index in [9.17, 15) is 23.1 Å². The molecule has 0 radical (unpaired) electrons. The third-order valence-corrected chi connectivity index (χ3v) is 9.53. The number of phenolic OH excluding ortho intramolecular Hbond substituents is 1. The fraction of sp³-hybridized carbons (Fsp3) is 0.618. The third kappa shape index (κ3) is 7.46. The molecule has 232 valence electrons. The van der Waals surface area contributed by atoms with Crippen molar-refractivity contribution in [2.45, 2.75) is 109 Å². The summed E-state index contributed by atoms with van der Waals surface area (Å²) in [5.74, 6) is -1.90. The molecule has 2 aliphatic rings. The molecule has 0 unspecified atom stereocenters. The number of aryl methyl sites for hydroxylation is 1. The second-order valence-corrected chi connectivity index (χ2v) is 12.2. The average molecular weight is 595 g/mol. The molecule has 0 amide bonds. The number of ketones is 1. The van der Waals surface area contributed by atoms with Gasteiger partial charge in [-0.15, -0.1) is 0 Å². The summed E-state index contributed by atoms with van der Waals surface area (Å²) in [6, 6.07) is 5.33. The van der Waals surface area contributed by atoms with Gasteiger partial charge in [-0.25, -0.2) is 8.78 Å². The maximum Gasteiger partial charge on any atom is 0.423 e. The van der Waals surface area contributed by atoms with E-state index >= 15 is 8.78 Å². The van der Waals surface area contributed by atoms with Gasteiger partial charge in [0.05, 0.1) is 12.2 Å². The van der Waals surface area contributed by atoms with E-state index in [1.54, 1.807) is 12.1 Å².